The minimum absolute atomic E-state index is 0.142. The van der Waals surface area contributed by atoms with Gasteiger partial charge >= 0.3 is 0 Å². The predicted octanol–water partition coefficient (Wildman–Crippen LogP) is 2.42. The van der Waals surface area contributed by atoms with Gasteiger partial charge in [0.25, 0.3) is 0 Å². The highest BCUT2D eigenvalue weighted by atomic mass is 16.6. The normalized spacial score (nSPS) is 16.0. The second kappa shape index (κ2) is 7.56. The smallest absolute Gasteiger partial charge is 0.143 e. The van der Waals surface area contributed by atoms with Crippen LogP contribution in [0.5, 0.6) is 0 Å². The summed E-state index contributed by atoms with van der Waals surface area (Å²) in [4.78, 5) is 0. The molecule has 2 nitrogen and oxygen atoms in total. The Morgan fingerprint density at radius 2 is 1.92 bits per heavy atom. The monoisotopic (exact) mass is 174 g/mol. The highest BCUT2D eigenvalue weighted by molar-refractivity contribution is 4.60. The average molecular weight is 174 g/mol. The van der Waals surface area contributed by atoms with Crippen LogP contribution in [-0.4, -0.2) is 18.5 Å². The molecule has 2 heteroatoms. The maximum Gasteiger partial charge on any atom is 0.143 e. The Bertz CT molecular complexity index is 93.8. The van der Waals surface area contributed by atoms with Crippen molar-refractivity contribution in [2.45, 2.75) is 40.0 Å². The van der Waals surface area contributed by atoms with E-state index in [0.717, 1.165) is 12.3 Å². The first-order chi connectivity index (χ1) is 5.74. The van der Waals surface area contributed by atoms with Gasteiger partial charge in [-0.3, -0.25) is 0 Å². The van der Waals surface area contributed by atoms with Crippen LogP contribution in [0.3, 0.4) is 0 Å². The molecule has 74 valence electrons. The van der Waals surface area contributed by atoms with E-state index in [4.69, 9.17) is 9.84 Å². The van der Waals surface area contributed by atoms with Crippen LogP contribution in [0.4, 0.5) is 0 Å². The van der Waals surface area contributed by atoms with Gasteiger partial charge in [-0.2, -0.15) is 0 Å². The van der Waals surface area contributed by atoms with Gasteiger partial charge in [0, 0.05) is 0 Å². The summed E-state index contributed by atoms with van der Waals surface area (Å²) >= 11 is 0. The third-order valence-corrected chi connectivity index (χ3v) is 2.45. The molecule has 0 radical (unpaired) electrons. The Hall–Kier alpha value is -0.0800. The Morgan fingerprint density at radius 3 is 2.33 bits per heavy atom. The zero-order chi connectivity index (χ0) is 9.40. The Morgan fingerprint density at radius 1 is 1.25 bits per heavy atom. The van der Waals surface area contributed by atoms with E-state index < -0.39 is 0 Å². The molecule has 12 heavy (non-hydrogen) atoms. The first-order valence-electron chi connectivity index (χ1n) is 4.93. The van der Waals surface area contributed by atoms with Crippen LogP contribution in [-0.2, 0) is 4.74 Å². The van der Waals surface area contributed by atoms with Gasteiger partial charge in [-0.15, -0.1) is 0 Å². The molecule has 1 N–H and O–H groups in total. The van der Waals surface area contributed by atoms with Crippen molar-refractivity contribution in [2.75, 3.05) is 13.4 Å². The minimum Gasteiger partial charge on any atom is -0.371 e. The van der Waals surface area contributed by atoms with Crippen molar-refractivity contribution in [1.82, 2.24) is 0 Å². The van der Waals surface area contributed by atoms with E-state index >= 15 is 0 Å². The molecule has 0 spiro atoms. The van der Waals surface area contributed by atoms with E-state index in [0.29, 0.717) is 12.5 Å². The van der Waals surface area contributed by atoms with E-state index in [9.17, 15) is 0 Å². The Labute approximate surface area is 75.9 Å². The Balaban J connectivity index is 3.51. The van der Waals surface area contributed by atoms with Crippen LogP contribution in [0.25, 0.3) is 0 Å². The van der Waals surface area contributed by atoms with Crippen molar-refractivity contribution in [1.29, 1.82) is 0 Å². The van der Waals surface area contributed by atoms with Gasteiger partial charge in [0.15, 0.2) is 0 Å². The lowest BCUT2D eigenvalue weighted by Gasteiger charge is -2.17. The second-order valence-corrected chi connectivity index (χ2v) is 3.52. The molecule has 0 aromatic rings. The number of ether oxygens (including phenoxy) is 1. The predicted molar refractivity (Wildman–Crippen MR) is 50.9 cm³/mol. The molecule has 0 rings (SSSR count). The third kappa shape index (κ3) is 5.56. The standard InChI is InChI=1S/C10H22O2/c1-4-9(3)6-10(5-2)7-12-8-11/h9-11H,4-8H2,1-3H3. The Kier molecular flexibility index (Phi) is 7.51. The fraction of sp³-hybridized carbons (Fsp3) is 1.00. The molecule has 0 heterocycles. The van der Waals surface area contributed by atoms with Gasteiger partial charge in [0.05, 0.1) is 6.61 Å². The topological polar surface area (TPSA) is 29.5 Å². The summed E-state index contributed by atoms with van der Waals surface area (Å²) in [6.07, 6.45) is 3.59. The molecule has 0 fully saturated rings. The van der Waals surface area contributed by atoms with Gasteiger partial charge in [0.2, 0.25) is 0 Å². The van der Waals surface area contributed by atoms with Crippen molar-refractivity contribution in [2.24, 2.45) is 11.8 Å². The van der Waals surface area contributed by atoms with Crippen LogP contribution in [0.15, 0.2) is 0 Å². The highest BCUT2D eigenvalue weighted by Gasteiger charge is 2.09. The van der Waals surface area contributed by atoms with E-state index in [1.807, 2.05) is 0 Å². The molecule has 0 amide bonds. The first kappa shape index (κ1) is 11.9. The fourth-order valence-electron chi connectivity index (χ4n) is 1.31. The van der Waals surface area contributed by atoms with Crippen LogP contribution >= 0.6 is 0 Å². The largest absolute Gasteiger partial charge is 0.371 e. The molecule has 0 saturated carbocycles. The zero-order valence-electron chi connectivity index (χ0n) is 8.55. The van der Waals surface area contributed by atoms with Gasteiger partial charge in [0.1, 0.15) is 6.79 Å². The molecule has 0 aromatic carbocycles. The lowest BCUT2D eigenvalue weighted by molar-refractivity contribution is -0.0210. The molecule has 2 unspecified atom stereocenters. The molecular weight excluding hydrogens is 152 g/mol. The van der Waals surface area contributed by atoms with Crippen molar-refractivity contribution in [3.05, 3.63) is 0 Å². The molecule has 0 aromatic heterocycles. The van der Waals surface area contributed by atoms with E-state index in [-0.39, 0.29) is 6.79 Å². The molecule has 0 bridgehead atoms. The number of rotatable bonds is 7. The van der Waals surface area contributed by atoms with Gasteiger partial charge in [-0.05, 0) is 18.3 Å². The lowest BCUT2D eigenvalue weighted by atomic mass is 9.93. The quantitative estimate of drug-likeness (QED) is 0.601. The summed E-state index contributed by atoms with van der Waals surface area (Å²) in [6.45, 7) is 7.22. The van der Waals surface area contributed by atoms with E-state index in [1.54, 1.807) is 0 Å². The van der Waals surface area contributed by atoms with E-state index in [1.165, 1.54) is 12.8 Å². The van der Waals surface area contributed by atoms with Crippen LogP contribution in [0.1, 0.15) is 40.0 Å². The minimum atomic E-state index is -0.142. The third-order valence-electron chi connectivity index (χ3n) is 2.45. The van der Waals surface area contributed by atoms with Crippen molar-refractivity contribution < 1.29 is 9.84 Å². The van der Waals surface area contributed by atoms with E-state index in [2.05, 4.69) is 20.8 Å². The number of aliphatic hydroxyl groups is 1. The molecule has 0 aliphatic rings. The molecule has 0 saturated heterocycles. The number of hydrogen-bond acceptors (Lipinski definition) is 2. The summed E-state index contributed by atoms with van der Waals surface area (Å²) in [6, 6.07) is 0. The van der Waals surface area contributed by atoms with Crippen LogP contribution in [0.2, 0.25) is 0 Å². The van der Waals surface area contributed by atoms with Gasteiger partial charge in [-0.25, -0.2) is 0 Å². The summed E-state index contributed by atoms with van der Waals surface area (Å²) < 4.78 is 4.99. The molecule has 0 aliphatic heterocycles. The molecule has 2 atom stereocenters. The van der Waals surface area contributed by atoms with Gasteiger partial charge < -0.3 is 9.84 Å². The summed E-state index contributed by atoms with van der Waals surface area (Å²) in [5.74, 6) is 1.39. The van der Waals surface area contributed by atoms with Crippen molar-refractivity contribution in [3.63, 3.8) is 0 Å². The molecule has 0 aliphatic carbocycles. The maximum atomic E-state index is 8.48. The second-order valence-electron chi connectivity index (χ2n) is 3.52. The molecular formula is C10H22O2. The first-order valence-corrected chi connectivity index (χ1v) is 4.93. The highest BCUT2D eigenvalue weighted by Crippen LogP contribution is 2.17. The van der Waals surface area contributed by atoms with Gasteiger partial charge in [-0.1, -0.05) is 33.6 Å². The maximum absolute atomic E-state index is 8.48. The van der Waals surface area contributed by atoms with Crippen molar-refractivity contribution >= 4 is 0 Å². The zero-order valence-corrected chi connectivity index (χ0v) is 8.55. The average Bonchev–Trinajstić information content (AvgIpc) is 2.11. The lowest BCUT2D eigenvalue weighted by Crippen LogP contribution is -2.12. The fourth-order valence-corrected chi connectivity index (χ4v) is 1.31. The van der Waals surface area contributed by atoms with Crippen LogP contribution < -0.4 is 0 Å². The van der Waals surface area contributed by atoms with Crippen LogP contribution in [0, 0.1) is 11.8 Å². The summed E-state index contributed by atoms with van der Waals surface area (Å²) in [5, 5.41) is 8.48. The SMILES string of the molecule is CCC(C)CC(CC)COCO. The number of hydrogen-bond donors (Lipinski definition) is 1. The van der Waals surface area contributed by atoms with Crippen molar-refractivity contribution in [3.8, 4) is 0 Å². The summed E-state index contributed by atoms with van der Waals surface area (Å²) in [7, 11) is 0. The summed E-state index contributed by atoms with van der Waals surface area (Å²) in [5.41, 5.74) is 0. The number of aliphatic hydroxyl groups excluding tert-OH is 1.